The average molecular weight is 496 g/mol. The van der Waals surface area contributed by atoms with Crippen LogP contribution in [0.4, 0.5) is 0 Å². The van der Waals surface area contributed by atoms with Gasteiger partial charge in [0.1, 0.15) is 6.10 Å². The monoisotopic (exact) mass is 496 g/mol. The van der Waals surface area contributed by atoms with Gasteiger partial charge in [0, 0.05) is 52.5 Å². The van der Waals surface area contributed by atoms with E-state index >= 15 is 0 Å². The first-order chi connectivity index (χ1) is 12.7. The normalized spacial score (nSPS) is 21.7. The second-order valence-electron chi connectivity index (χ2n) is 7.18. The third-order valence-electron chi connectivity index (χ3n) is 5.16. The van der Waals surface area contributed by atoms with E-state index < -0.39 is 0 Å². The molecule has 158 valence electrons. The highest BCUT2D eigenvalue weighted by Gasteiger charge is 2.30. The van der Waals surface area contributed by atoms with Crippen LogP contribution in [0.2, 0.25) is 0 Å². The van der Waals surface area contributed by atoms with Crippen molar-refractivity contribution < 1.29 is 14.6 Å². The SMILES string of the molecule is CCCC(CCO)CN=C(NCC)N1CCN(C(=O)C2CCCO2)CC1.I. The van der Waals surface area contributed by atoms with Gasteiger partial charge in [-0.2, -0.15) is 0 Å². The first-order valence-corrected chi connectivity index (χ1v) is 10.2. The van der Waals surface area contributed by atoms with E-state index in [4.69, 9.17) is 9.73 Å². The summed E-state index contributed by atoms with van der Waals surface area (Å²) in [6, 6.07) is 0. The van der Waals surface area contributed by atoms with Crippen LogP contribution in [0.25, 0.3) is 0 Å². The summed E-state index contributed by atoms with van der Waals surface area (Å²) in [5, 5.41) is 12.6. The molecular weight excluding hydrogens is 459 g/mol. The largest absolute Gasteiger partial charge is 0.396 e. The summed E-state index contributed by atoms with van der Waals surface area (Å²) in [4.78, 5) is 21.5. The first kappa shape index (κ1) is 24.4. The van der Waals surface area contributed by atoms with E-state index in [1.165, 1.54) is 0 Å². The number of piperazine rings is 1. The number of ether oxygens (including phenoxy) is 1. The summed E-state index contributed by atoms with van der Waals surface area (Å²) >= 11 is 0. The quantitative estimate of drug-likeness (QED) is 0.304. The van der Waals surface area contributed by atoms with Crippen molar-refractivity contribution in [3.05, 3.63) is 0 Å². The van der Waals surface area contributed by atoms with E-state index in [1.807, 2.05) is 4.90 Å². The summed E-state index contributed by atoms with van der Waals surface area (Å²) in [6.45, 7) is 9.77. The fourth-order valence-corrected chi connectivity index (χ4v) is 3.67. The van der Waals surface area contributed by atoms with Gasteiger partial charge in [0.25, 0.3) is 5.91 Å². The van der Waals surface area contributed by atoms with Crippen molar-refractivity contribution in [1.82, 2.24) is 15.1 Å². The van der Waals surface area contributed by atoms with Crippen LogP contribution < -0.4 is 5.32 Å². The van der Waals surface area contributed by atoms with Crippen LogP contribution >= 0.6 is 24.0 Å². The number of hydrogen-bond donors (Lipinski definition) is 2. The molecule has 0 spiro atoms. The molecule has 2 heterocycles. The Balaban J connectivity index is 0.00000364. The van der Waals surface area contributed by atoms with Crippen LogP contribution in [-0.4, -0.2) is 85.4 Å². The highest BCUT2D eigenvalue weighted by atomic mass is 127. The minimum absolute atomic E-state index is 0. The molecule has 2 atom stereocenters. The summed E-state index contributed by atoms with van der Waals surface area (Å²) in [6.07, 6.45) is 4.62. The maximum Gasteiger partial charge on any atom is 0.251 e. The van der Waals surface area contributed by atoms with E-state index in [0.29, 0.717) is 12.5 Å². The van der Waals surface area contributed by atoms with Crippen LogP contribution in [0.1, 0.15) is 46.0 Å². The lowest BCUT2D eigenvalue weighted by atomic mass is 10.0. The summed E-state index contributed by atoms with van der Waals surface area (Å²) < 4.78 is 5.53. The van der Waals surface area contributed by atoms with Crippen molar-refractivity contribution in [1.29, 1.82) is 0 Å². The third kappa shape index (κ3) is 7.73. The van der Waals surface area contributed by atoms with Gasteiger partial charge in [-0.25, -0.2) is 0 Å². The third-order valence-corrected chi connectivity index (χ3v) is 5.16. The highest BCUT2D eigenvalue weighted by molar-refractivity contribution is 14.0. The van der Waals surface area contributed by atoms with Crippen LogP contribution in [0.3, 0.4) is 0 Å². The number of carbonyl (C=O) groups is 1. The van der Waals surface area contributed by atoms with Gasteiger partial charge in [-0.05, 0) is 38.5 Å². The lowest BCUT2D eigenvalue weighted by molar-refractivity contribution is -0.142. The maximum atomic E-state index is 12.5. The standard InChI is InChI=1S/C19H36N4O3.HI/c1-3-6-16(8-13-24)15-21-19(20-4-2)23-11-9-22(10-12-23)18(25)17-7-5-14-26-17;/h16-17,24H,3-15H2,1-2H3,(H,20,21);1H. The molecule has 1 amide bonds. The molecule has 0 bridgehead atoms. The molecule has 2 N–H and O–H groups in total. The number of rotatable bonds is 8. The zero-order valence-electron chi connectivity index (χ0n) is 16.9. The number of halogens is 1. The van der Waals surface area contributed by atoms with Crippen molar-refractivity contribution in [3.8, 4) is 0 Å². The number of aliphatic hydroxyl groups excluding tert-OH is 1. The van der Waals surface area contributed by atoms with Crippen LogP contribution in [0, 0.1) is 5.92 Å². The molecule has 0 aliphatic carbocycles. The van der Waals surface area contributed by atoms with E-state index in [2.05, 4.69) is 24.1 Å². The number of hydrogen-bond acceptors (Lipinski definition) is 4. The van der Waals surface area contributed by atoms with E-state index in [0.717, 1.165) is 77.3 Å². The van der Waals surface area contributed by atoms with Crippen molar-refractivity contribution >= 4 is 35.8 Å². The molecule has 2 rings (SSSR count). The van der Waals surface area contributed by atoms with Crippen molar-refractivity contribution in [3.63, 3.8) is 0 Å². The topological polar surface area (TPSA) is 77.4 Å². The number of carbonyl (C=O) groups excluding carboxylic acids is 1. The molecule has 2 fully saturated rings. The molecule has 2 aliphatic heterocycles. The molecule has 0 aromatic heterocycles. The molecule has 2 aliphatic rings. The Bertz CT molecular complexity index is 444. The zero-order chi connectivity index (χ0) is 18.8. The van der Waals surface area contributed by atoms with Crippen molar-refractivity contribution in [2.75, 3.05) is 52.5 Å². The van der Waals surface area contributed by atoms with Gasteiger partial charge < -0.3 is 25.0 Å². The van der Waals surface area contributed by atoms with Crippen LogP contribution in [0.5, 0.6) is 0 Å². The number of amides is 1. The smallest absolute Gasteiger partial charge is 0.251 e. The maximum absolute atomic E-state index is 12.5. The zero-order valence-corrected chi connectivity index (χ0v) is 19.2. The molecule has 0 radical (unpaired) electrons. The van der Waals surface area contributed by atoms with Gasteiger partial charge in [-0.3, -0.25) is 9.79 Å². The minimum Gasteiger partial charge on any atom is -0.396 e. The molecule has 0 aromatic carbocycles. The Morgan fingerprint density at radius 2 is 1.93 bits per heavy atom. The summed E-state index contributed by atoms with van der Waals surface area (Å²) in [5.41, 5.74) is 0. The van der Waals surface area contributed by atoms with E-state index in [1.54, 1.807) is 0 Å². The van der Waals surface area contributed by atoms with Gasteiger partial charge in [0.05, 0.1) is 0 Å². The summed E-state index contributed by atoms with van der Waals surface area (Å²) in [7, 11) is 0. The Labute approximate surface area is 180 Å². The highest BCUT2D eigenvalue weighted by Crippen LogP contribution is 2.16. The number of nitrogens with zero attached hydrogens (tertiary/aromatic N) is 3. The predicted octanol–water partition coefficient (Wildman–Crippen LogP) is 1.69. The average Bonchev–Trinajstić information content (AvgIpc) is 3.19. The predicted molar refractivity (Wildman–Crippen MR) is 119 cm³/mol. The number of aliphatic hydroxyl groups is 1. The van der Waals surface area contributed by atoms with Crippen LogP contribution in [-0.2, 0) is 9.53 Å². The molecule has 0 aromatic rings. The lowest BCUT2D eigenvalue weighted by Gasteiger charge is -2.37. The van der Waals surface area contributed by atoms with E-state index in [-0.39, 0.29) is 42.6 Å². The number of guanidine groups is 1. The van der Waals surface area contributed by atoms with Gasteiger partial charge in [0.2, 0.25) is 0 Å². The fourth-order valence-electron chi connectivity index (χ4n) is 3.67. The Kier molecular flexibility index (Phi) is 12.3. The minimum atomic E-state index is -0.225. The second kappa shape index (κ2) is 13.5. The molecule has 2 unspecified atom stereocenters. The van der Waals surface area contributed by atoms with Crippen molar-refractivity contribution in [2.24, 2.45) is 10.9 Å². The lowest BCUT2D eigenvalue weighted by Crippen LogP contribution is -2.55. The molecular formula is C19H37IN4O3. The van der Waals surface area contributed by atoms with Gasteiger partial charge in [0.15, 0.2) is 5.96 Å². The van der Waals surface area contributed by atoms with Gasteiger partial charge >= 0.3 is 0 Å². The Morgan fingerprint density at radius 1 is 1.22 bits per heavy atom. The number of aliphatic imine (C=N–C) groups is 1. The van der Waals surface area contributed by atoms with Gasteiger partial charge in [-0.1, -0.05) is 13.3 Å². The van der Waals surface area contributed by atoms with E-state index in [9.17, 15) is 9.90 Å². The Morgan fingerprint density at radius 3 is 2.48 bits per heavy atom. The second-order valence-corrected chi connectivity index (χ2v) is 7.18. The molecule has 2 saturated heterocycles. The molecule has 0 saturated carbocycles. The number of nitrogens with one attached hydrogen (secondary N) is 1. The van der Waals surface area contributed by atoms with Crippen LogP contribution in [0.15, 0.2) is 4.99 Å². The molecule has 27 heavy (non-hydrogen) atoms. The Hall–Kier alpha value is -0.610. The van der Waals surface area contributed by atoms with Gasteiger partial charge in [-0.15, -0.1) is 24.0 Å². The van der Waals surface area contributed by atoms with Crippen molar-refractivity contribution in [2.45, 2.75) is 52.1 Å². The molecule has 8 heteroatoms. The summed E-state index contributed by atoms with van der Waals surface area (Å²) in [5.74, 6) is 1.51. The first-order valence-electron chi connectivity index (χ1n) is 10.2. The fraction of sp³-hybridized carbons (Fsp3) is 0.895. The molecule has 7 nitrogen and oxygen atoms in total.